The van der Waals surface area contributed by atoms with E-state index >= 15 is 0 Å². The molecule has 0 saturated heterocycles. The van der Waals surface area contributed by atoms with E-state index in [1.807, 2.05) is 0 Å². The van der Waals surface area contributed by atoms with E-state index in [-0.39, 0.29) is 22.9 Å². The molecule has 0 aromatic heterocycles. The van der Waals surface area contributed by atoms with Crippen LogP contribution >= 0.6 is 11.6 Å². The second-order valence-corrected chi connectivity index (χ2v) is 6.60. The van der Waals surface area contributed by atoms with E-state index in [4.69, 9.17) is 11.6 Å². The first-order valence-electron chi connectivity index (χ1n) is 6.21. The predicted octanol–water partition coefficient (Wildman–Crippen LogP) is 4.69. The molecule has 0 aliphatic heterocycles. The topological polar surface area (TPSA) is 37.3 Å². The Kier molecular flexibility index (Phi) is 4.80. The summed E-state index contributed by atoms with van der Waals surface area (Å²) in [5.41, 5.74) is 0.527. The molecular weight excluding hydrogens is 248 g/mol. The molecule has 18 heavy (non-hydrogen) atoms. The Hall–Kier alpha value is -1.02. The summed E-state index contributed by atoms with van der Waals surface area (Å²) in [5, 5.41) is 10.1. The third kappa shape index (κ3) is 4.69. The second kappa shape index (κ2) is 5.75. The molecule has 1 rings (SSSR count). The zero-order chi connectivity index (χ0) is 13.9. The summed E-state index contributed by atoms with van der Waals surface area (Å²) in [5.74, 6) is 0.245. The van der Waals surface area contributed by atoms with Crippen molar-refractivity contribution in [1.82, 2.24) is 0 Å². The van der Waals surface area contributed by atoms with Gasteiger partial charge in [-0.3, -0.25) is 4.79 Å². The van der Waals surface area contributed by atoms with Gasteiger partial charge in [0, 0.05) is 11.4 Å². The summed E-state index contributed by atoms with van der Waals surface area (Å²) >= 11 is 5.84. The van der Waals surface area contributed by atoms with Crippen LogP contribution in [0.3, 0.4) is 0 Å². The molecule has 1 aromatic rings. The Bertz CT molecular complexity index is 433. The summed E-state index contributed by atoms with van der Waals surface area (Å²) < 4.78 is 0. The Labute approximate surface area is 114 Å². The first-order chi connectivity index (χ1) is 8.19. The lowest BCUT2D eigenvalue weighted by molar-refractivity contribution is 0.0951. The SMILES string of the molecule is C[C@@H](CC(=O)c1cc(Cl)ccc1O)CC(C)(C)C. The number of phenols is 1. The molecule has 1 atom stereocenters. The minimum Gasteiger partial charge on any atom is -0.507 e. The number of hydrogen-bond donors (Lipinski definition) is 1. The van der Waals surface area contributed by atoms with Crippen LogP contribution < -0.4 is 0 Å². The molecule has 0 amide bonds. The third-order valence-electron chi connectivity index (χ3n) is 2.75. The van der Waals surface area contributed by atoms with Crippen molar-refractivity contribution in [2.75, 3.05) is 0 Å². The van der Waals surface area contributed by atoms with Crippen molar-refractivity contribution in [2.45, 2.75) is 40.5 Å². The number of halogens is 1. The fraction of sp³-hybridized carbons (Fsp3) is 0.533. The van der Waals surface area contributed by atoms with Crippen molar-refractivity contribution in [3.8, 4) is 5.75 Å². The van der Waals surface area contributed by atoms with Crippen molar-refractivity contribution in [3.63, 3.8) is 0 Å². The first kappa shape index (κ1) is 15.0. The minimum absolute atomic E-state index is 0.00681. The molecule has 0 aliphatic rings. The number of carbonyl (C=O) groups excluding carboxylic acids is 1. The number of hydrogen-bond acceptors (Lipinski definition) is 2. The van der Waals surface area contributed by atoms with E-state index in [1.54, 1.807) is 6.07 Å². The normalized spacial score (nSPS) is 13.4. The fourth-order valence-corrected chi connectivity index (χ4v) is 2.45. The van der Waals surface area contributed by atoms with E-state index in [2.05, 4.69) is 27.7 Å². The van der Waals surface area contributed by atoms with Gasteiger partial charge in [-0.2, -0.15) is 0 Å². The van der Waals surface area contributed by atoms with Gasteiger partial charge < -0.3 is 5.11 Å². The van der Waals surface area contributed by atoms with Crippen molar-refractivity contribution in [3.05, 3.63) is 28.8 Å². The summed E-state index contributed by atoms with van der Waals surface area (Å²) in [4.78, 5) is 12.1. The van der Waals surface area contributed by atoms with Crippen LogP contribution in [0.15, 0.2) is 18.2 Å². The lowest BCUT2D eigenvalue weighted by atomic mass is 9.83. The molecule has 0 fully saturated rings. The lowest BCUT2D eigenvalue weighted by Gasteiger charge is -2.22. The summed E-state index contributed by atoms with van der Waals surface area (Å²) in [7, 11) is 0. The number of phenolic OH excluding ortho intramolecular Hbond substituents is 1. The predicted molar refractivity (Wildman–Crippen MR) is 75.3 cm³/mol. The smallest absolute Gasteiger partial charge is 0.166 e. The minimum atomic E-state index is -0.0493. The van der Waals surface area contributed by atoms with Crippen LogP contribution in [0.2, 0.25) is 5.02 Å². The van der Waals surface area contributed by atoms with Gasteiger partial charge in [0.1, 0.15) is 5.75 Å². The van der Waals surface area contributed by atoms with E-state index < -0.39 is 0 Å². The Morgan fingerprint density at radius 1 is 1.39 bits per heavy atom. The number of ketones is 1. The third-order valence-corrected chi connectivity index (χ3v) is 2.99. The fourth-order valence-electron chi connectivity index (χ4n) is 2.28. The van der Waals surface area contributed by atoms with E-state index in [0.717, 1.165) is 6.42 Å². The van der Waals surface area contributed by atoms with E-state index in [0.29, 0.717) is 17.0 Å². The molecule has 0 aliphatic carbocycles. The number of carbonyl (C=O) groups is 1. The summed E-state index contributed by atoms with van der Waals surface area (Å²) in [6.07, 6.45) is 1.41. The van der Waals surface area contributed by atoms with Crippen LogP contribution in [0.4, 0.5) is 0 Å². The van der Waals surface area contributed by atoms with Crippen molar-refractivity contribution < 1.29 is 9.90 Å². The van der Waals surface area contributed by atoms with Gasteiger partial charge >= 0.3 is 0 Å². The average molecular weight is 269 g/mol. The molecule has 1 aromatic carbocycles. The molecule has 0 radical (unpaired) electrons. The highest BCUT2D eigenvalue weighted by molar-refractivity contribution is 6.31. The van der Waals surface area contributed by atoms with Gasteiger partial charge in [-0.05, 0) is 36.0 Å². The van der Waals surface area contributed by atoms with Gasteiger partial charge in [0.05, 0.1) is 5.56 Å². The van der Waals surface area contributed by atoms with Crippen molar-refractivity contribution in [2.24, 2.45) is 11.3 Å². The summed E-state index contributed by atoms with van der Waals surface area (Å²) in [6.45, 7) is 8.53. The Morgan fingerprint density at radius 2 is 2.00 bits per heavy atom. The zero-order valence-corrected chi connectivity index (χ0v) is 12.2. The molecule has 0 spiro atoms. The van der Waals surface area contributed by atoms with E-state index in [1.165, 1.54) is 12.1 Å². The maximum absolute atomic E-state index is 12.1. The Morgan fingerprint density at radius 3 is 2.56 bits per heavy atom. The van der Waals surface area contributed by atoms with Crippen LogP contribution in [0.5, 0.6) is 5.75 Å². The maximum Gasteiger partial charge on any atom is 0.166 e. The van der Waals surface area contributed by atoms with Gasteiger partial charge in [-0.1, -0.05) is 39.3 Å². The van der Waals surface area contributed by atoms with Crippen molar-refractivity contribution >= 4 is 17.4 Å². The van der Waals surface area contributed by atoms with Crippen molar-refractivity contribution in [1.29, 1.82) is 0 Å². The molecule has 3 heteroatoms. The molecule has 2 nitrogen and oxygen atoms in total. The quantitative estimate of drug-likeness (QED) is 0.805. The van der Waals surface area contributed by atoms with Gasteiger partial charge in [0.2, 0.25) is 0 Å². The molecular formula is C15H21ClO2. The van der Waals surface area contributed by atoms with Crippen LogP contribution in [0.1, 0.15) is 50.9 Å². The van der Waals surface area contributed by atoms with Gasteiger partial charge in [0.25, 0.3) is 0 Å². The highest BCUT2D eigenvalue weighted by atomic mass is 35.5. The number of aromatic hydroxyl groups is 1. The second-order valence-electron chi connectivity index (χ2n) is 6.16. The van der Waals surface area contributed by atoms with Crippen LogP contribution in [-0.2, 0) is 0 Å². The largest absolute Gasteiger partial charge is 0.507 e. The lowest BCUT2D eigenvalue weighted by Crippen LogP contribution is -2.14. The van der Waals surface area contributed by atoms with E-state index in [9.17, 15) is 9.90 Å². The standard InChI is InChI=1S/C15H21ClO2/c1-10(9-15(2,3)4)7-14(18)12-8-11(16)5-6-13(12)17/h5-6,8,10,17H,7,9H2,1-4H3/t10-/m0/s1. The highest BCUT2D eigenvalue weighted by Gasteiger charge is 2.20. The van der Waals surface area contributed by atoms with Crippen LogP contribution in [-0.4, -0.2) is 10.9 Å². The Balaban J connectivity index is 2.74. The van der Waals surface area contributed by atoms with Gasteiger partial charge in [-0.25, -0.2) is 0 Å². The monoisotopic (exact) mass is 268 g/mol. The van der Waals surface area contributed by atoms with Crippen LogP contribution in [0.25, 0.3) is 0 Å². The molecule has 0 bridgehead atoms. The molecule has 0 saturated carbocycles. The number of benzene rings is 1. The molecule has 0 unspecified atom stereocenters. The maximum atomic E-state index is 12.1. The highest BCUT2D eigenvalue weighted by Crippen LogP contribution is 2.29. The average Bonchev–Trinajstić information content (AvgIpc) is 2.18. The number of rotatable bonds is 4. The van der Waals surface area contributed by atoms with Gasteiger partial charge in [0.15, 0.2) is 5.78 Å². The summed E-state index contributed by atoms with van der Waals surface area (Å²) in [6, 6.07) is 4.57. The zero-order valence-electron chi connectivity index (χ0n) is 11.5. The molecule has 100 valence electrons. The molecule has 0 heterocycles. The molecule has 1 N–H and O–H groups in total. The first-order valence-corrected chi connectivity index (χ1v) is 6.58. The van der Waals surface area contributed by atoms with Crippen LogP contribution in [0, 0.1) is 11.3 Å². The number of Topliss-reactive ketones (excluding diaryl/α,β-unsaturated/α-hetero) is 1. The van der Waals surface area contributed by atoms with Gasteiger partial charge in [-0.15, -0.1) is 0 Å².